The lowest BCUT2D eigenvalue weighted by Gasteiger charge is -1.96. The number of benzene rings is 1. The lowest BCUT2D eigenvalue weighted by atomic mass is 10.2. The number of carboxylic acid groups (broad SMARTS) is 1. The minimum Gasteiger partial charge on any atom is -0.478 e. The van der Waals surface area contributed by atoms with E-state index in [0.29, 0.717) is 11.5 Å². The molecule has 0 fully saturated rings. The first-order valence-electron chi connectivity index (χ1n) is 4.06. The molecule has 1 aliphatic rings. The summed E-state index contributed by atoms with van der Waals surface area (Å²) < 4.78 is 10.3. The van der Waals surface area contributed by atoms with Gasteiger partial charge in [-0.05, 0) is 23.8 Å². The number of hydrogen-bond acceptors (Lipinski definition) is 3. The molecule has 4 nitrogen and oxygen atoms in total. The molecule has 4 heteroatoms. The van der Waals surface area contributed by atoms with E-state index in [-0.39, 0.29) is 14.2 Å². The third kappa shape index (κ3) is 2.49. The lowest BCUT2D eigenvalue weighted by molar-refractivity contribution is -0.131. The smallest absolute Gasteiger partial charge is 0.328 e. The van der Waals surface area contributed by atoms with Gasteiger partial charge in [-0.1, -0.05) is 13.5 Å². The van der Waals surface area contributed by atoms with Crippen molar-refractivity contribution in [3.63, 3.8) is 0 Å². The zero-order valence-electron chi connectivity index (χ0n) is 7.27. The van der Waals surface area contributed by atoms with Crippen LogP contribution in [0.3, 0.4) is 0 Å². The largest absolute Gasteiger partial charge is 0.478 e. The first kappa shape index (κ1) is 11.1. The van der Waals surface area contributed by atoms with Gasteiger partial charge in [0.15, 0.2) is 11.5 Å². The fourth-order valence-corrected chi connectivity index (χ4v) is 1.18. The summed E-state index contributed by atoms with van der Waals surface area (Å²) in [7, 11) is 0. The lowest BCUT2D eigenvalue weighted by Crippen LogP contribution is -1.92. The van der Waals surface area contributed by atoms with Crippen LogP contribution in [0, 0.1) is 0 Å². The van der Waals surface area contributed by atoms with Crippen molar-refractivity contribution in [1.82, 2.24) is 0 Å². The molecule has 0 spiro atoms. The molecule has 15 heavy (non-hydrogen) atoms. The molecular weight excluding hydrogens is 196 g/mol. The Morgan fingerprint density at radius 2 is 2.07 bits per heavy atom. The highest BCUT2D eigenvalue weighted by Gasteiger charge is 2.12. The van der Waals surface area contributed by atoms with Crippen LogP contribution in [0.4, 0.5) is 0 Å². The number of ether oxygens (including phenoxy) is 2. The summed E-state index contributed by atoms with van der Waals surface area (Å²) in [6.45, 7) is 0.224. The van der Waals surface area contributed by atoms with Gasteiger partial charge in [0.1, 0.15) is 0 Å². The number of aliphatic carboxylic acids is 1. The number of hydrogen-bond donors (Lipinski definition) is 1. The Bertz CT molecular complexity index is 396. The predicted octanol–water partition coefficient (Wildman–Crippen LogP) is 2.15. The molecular formula is C11H12O4. The average Bonchev–Trinajstić information content (AvgIpc) is 2.61. The molecule has 0 aromatic heterocycles. The van der Waals surface area contributed by atoms with Crippen molar-refractivity contribution in [2.45, 2.75) is 7.43 Å². The van der Waals surface area contributed by atoms with Gasteiger partial charge in [-0.3, -0.25) is 0 Å². The van der Waals surface area contributed by atoms with Crippen molar-refractivity contribution in [3.05, 3.63) is 29.8 Å². The topological polar surface area (TPSA) is 55.8 Å². The van der Waals surface area contributed by atoms with Crippen molar-refractivity contribution >= 4 is 12.0 Å². The summed E-state index contributed by atoms with van der Waals surface area (Å²) in [4.78, 5) is 10.3. The van der Waals surface area contributed by atoms with Gasteiger partial charge in [-0.25, -0.2) is 4.79 Å². The molecule has 1 aliphatic heterocycles. The SMILES string of the molecule is C.O=C(O)/C=C/c1ccc2c(c1)OCO2. The molecule has 0 atom stereocenters. The Morgan fingerprint density at radius 3 is 2.80 bits per heavy atom. The fourth-order valence-electron chi connectivity index (χ4n) is 1.18. The van der Waals surface area contributed by atoms with Crippen LogP contribution in [0.1, 0.15) is 13.0 Å². The van der Waals surface area contributed by atoms with E-state index in [1.807, 2.05) is 0 Å². The molecule has 0 saturated carbocycles. The highest BCUT2D eigenvalue weighted by Crippen LogP contribution is 2.32. The van der Waals surface area contributed by atoms with Crippen LogP contribution in [-0.2, 0) is 4.79 Å². The Morgan fingerprint density at radius 1 is 1.33 bits per heavy atom. The molecule has 0 bridgehead atoms. The molecule has 1 aromatic rings. The predicted molar refractivity (Wildman–Crippen MR) is 56.0 cm³/mol. The molecule has 0 radical (unpaired) electrons. The molecule has 80 valence electrons. The molecule has 1 aromatic carbocycles. The van der Waals surface area contributed by atoms with E-state index in [1.54, 1.807) is 18.2 Å². The van der Waals surface area contributed by atoms with E-state index in [9.17, 15) is 4.79 Å². The van der Waals surface area contributed by atoms with Crippen molar-refractivity contribution in [1.29, 1.82) is 0 Å². The van der Waals surface area contributed by atoms with Gasteiger partial charge >= 0.3 is 5.97 Å². The Balaban J connectivity index is 0.00000112. The van der Waals surface area contributed by atoms with Gasteiger partial charge in [0.25, 0.3) is 0 Å². The fraction of sp³-hybridized carbons (Fsp3) is 0.182. The van der Waals surface area contributed by atoms with E-state index in [4.69, 9.17) is 14.6 Å². The van der Waals surface area contributed by atoms with Crippen LogP contribution in [0.5, 0.6) is 11.5 Å². The summed E-state index contributed by atoms with van der Waals surface area (Å²) in [6, 6.07) is 5.26. The van der Waals surface area contributed by atoms with Crippen molar-refractivity contribution in [2.24, 2.45) is 0 Å². The zero-order valence-corrected chi connectivity index (χ0v) is 7.27. The number of fused-ring (bicyclic) bond motifs is 1. The molecule has 2 rings (SSSR count). The second-order valence-electron chi connectivity index (χ2n) is 2.78. The zero-order chi connectivity index (χ0) is 9.97. The highest BCUT2D eigenvalue weighted by atomic mass is 16.7. The maximum absolute atomic E-state index is 10.3. The van der Waals surface area contributed by atoms with Gasteiger partial charge in [0.2, 0.25) is 6.79 Å². The third-order valence-electron chi connectivity index (χ3n) is 1.81. The first-order valence-corrected chi connectivity index (χ1v) is 4.06. The molecule has 1 N–H and O–H groups in total. The monoisotopic (exact) mass is 208 g/mol. The summed E-state index contributed by atoms with van der Waals surface area (Å²) in [6.07, 6.45) is 2.59. The Kier molecular flexibility index (Phi) is 3.33. The first-order chi connectivity index (χ1) is 6.75. The second kappa shape index (κ2) is 4.50. The van der Waals surface area contributed by atoms with E-state index >= 15 is 0 Å². The highest BCUT2D eigenvalue weighted by molar-refractivity contribution is 5.85. The van der Waals surface area contributed by atoms with Gasteiger partial charge in [0.05, 0.1) is 0 Å². The summed E-state index contributed by atoms with van der Waals surface area (Å²) in [5.74, 6) is 0.373. The number of carbonyl (C=O) groups is 1. The maximum atomic E-state index is 10.3. The quantitative estimate of drug-likeness (QED) is 0.756. The number of rotatable bonds is 2. The van der Waals surface area contributed by atoms with E-state index in [0.717, 1.165) is 11.6 Å². The van der Waals surface area contributed by atoms with Crippen LogP contribution in [-0.4, -0.2) is 17.9 Å². The van der Waals surface area contributed by atoms with E-state index < -0.39 is 5.97 Å². The maximum Gasteiger partial charge on any atom is 0.328 e. The standard InChI is InChI=1S/C10H8O4.CH4/c11-10(12)4-2-7-1-3-8-9(5-7)14-6-13-8;/h1-5H,6H2,(H,11,12);1H4/b4-2+;. The van der Waals surface area contributed by atoms with Crippen LogP contribution >= 0.6 is 0 Å². The number of carboxylic acids is 1. The van der Waals surface area contributed by atoms with Crippen molar-refractivity contribution in [2.75, 3.05) is 6.79 Å². The van der Waals surface area contributed by atoms with Crippen molar-refractivity contribution in [3.8, 4) is 11.5 Å². The molecule has 0 saturated heterocycles. The minimum absolute atomic E-state index is 0. The van der Waals surface area contributed by atoms with Gasteiger partial charge < -0.3 is 14.6 Å². The van der Waals surface area contributed by atoms with Crippen molar-refractivity contribution < 1.29 is 19.4 Å². The molecule has 1 heterocycles. The summed E-state index contributed by atoms with van der Waals surface area (Å²) >= 11 is 0. The van der Waals surface area contributed by atoms with Crippen LogP contribution in [0.15, 0.2) is 24.3 Å². The molecule has 0 unspecified atom stereocenters. The summed E-state index contributed by atoms with van der Waals surface area (Å²) in [5.41, 5.74) is 0.775. The van der Waals surface area contributed by atoms with Crippen LogP contribution < -0.4 is 9.47 Å². The van der Waals surface area contributed by atoms with Crippen LogP contribution in [0.2, 0.25) is 0 Å². The van der Waals surface area contributed by atoms with Crippen LogP contribution in [0.25, 0.3) is 6.08 Å². The van der Waals surface area contributed by atoms with E-state index in [2.05, 4.69) is 0 Å². The Labute approximate surface area is 87.7 Å². The molecule has 0 aliphatic carbocycles. The average molecular weight is 208 g/mol. The van der Waals surface area contributed by atoms with Gasteiger partial charge in [-0.15, -0.1) is 0 Å². The second-order valence-corrected chi connectivity index (χ2v) is 2.78. The Hall–Kier alpha value is -1.97. The van der Waals surface area contributed by atoms with Gasteiger partial charge in [0, 0.05) is 6.08 Å². The minimum atomic E-state index is -0.970. The van der Waals surface area contributed by atoms with Gasteiger partial charge in [-0.2, -0.15) is 0 Å². The summed E-state index contributed by atoms with van der Waals surface area (Å²) in [5, 5.41) is 8.43. The molecule has 0 amide bonds. The van der Waals surface area contributed by atoms with E-state index in [1.165, 1.54) is 6.08 Å². The normalized spacial score (nSPS) is 12.5. The third-order valence-corrected chi connectivity index (χ3v) is 1.81.